The van der Waals surface area contributed by atoms with Crippen LogP contribution in [-0.2, 0) is 20.7 Å². The molecule has 0 aliphatic carbocycles. The van der Waals surface area contributed by atoms with E-state index in [0.29, 0.717) is 17.0 Å². The molecule has 0 saturated carbocycles. The molecule has 0 saturated heterocycles. The summed E-state index contributed by atoms with van der Waals surface area (Å²) in [5.74, 6) is -1.06. The maximum absolute atomic E-state index is 13.2. The van der Waals surface area contributed by atoms with Gasteiger partial charge in [-0.2, -0.15) is 0 Å². The van der Waals surface area contributed by atoms with Crippen molar-refractivity contribution in [3.05, 3.63) is 70.7 Å². The van der Waals surface area contributed by atoms with E-state index in [9.17, 15) is 14.4 Å². The number of ketones is 1. The van der Waals surface area contributed by atoms with E-state index >= 15 is 0 Å². The number of alkyl carbamates (subject to hydrolysis) is 1. The average Bonchev–Trinajstić information content (AvgIpc) is 2.75. The number of ether oxygens (including phenoxy) is 1. The summed E-state index contributed by atoms with van der Waals surface area (Å²) in [6, 6.07) is 16.0. The first kappa shape index (κ1) is 24.3. The molecule has 0 fully saturated rings. The summed E-state index contributed by atoms with van der Waals surface area (Å²) in [6.45, 7) is 5.07. The lowest BCUT2D eigenvalue weighted by Crippen LogP contribution is -2.65. The van der Waals surface area contributed by atoms with Gasteiger partial charge in [0.15, 0.2) is 5.78 Å². The van der Waals surface area contributed by atoms with Crippen molar-refractivity contribution >= 4 is 23.9 Å². The van der Waals surface area contributed by atoms with Crippen molar-refractivity contribution in [1.29, 1.82) is 0 Å². The average molecular weight is 450 g/mol. The normalized spacial score (nSPS) is 19.5. The zero-order valence-electron chi connectivity index (χ0n) is 19.3. The summed E-state index contributed by atoms with van der Waals surface area (Å²) in [4.78, 5) is 42.9. The highest BCUT2D eigenvalue weighted by Crippen LogP contribution is 2.20. The molecule has 174 valence electrons. The number of para-hydroxylation sites is 1. The summed E-state index contributed by atoms with van der Waals surface area (Å²) >= 11 is 0. The molecular formula is C26H31N3O4. The van der Waals surface area contributed by atoms with Crippen LogP contribution in [0.15, 0.2) is 59.6 Å². The first-order valence-electron chi connectivity index (χ1n) is 11.1. The third kappa shape index (κ3) is 6.35. The Morgan fingerprint density at radius 3 is 2.39 bits per heavy atom. The van der Waals surface area contributed by atoms with Crippen molar-refractivity contribution < 1.29 is 19.1 Å². The van der Waals surface area contributed by atoms with Gasteiger partial charge in [-0.15, -0.1) is 0 Å². The molecule has 2 amide bonds. The number of aryl methyl sites for hydroxylation is 1. The number of imide groups is 1. The van der Waals surface area contributed by atoms with E-state index in [1.807, 2.05) is 24.3 Å². The summed E-state index contributed by atoms with van der Waals surface area (Å²) < 4.78 is 5.17. The van der Waals surface area contributed by atoms with E-state index in [1.165, 1.54) is 11.6 Å². The fourth-order valence-corrected chi connectivity index (χ4v) is 3.75. The molecule has 2 aromatic rings. The standard InChI is InChI=1S/C26H31N3O4/c1-25(2,3)33-24(32)29-23(31)26(27)17-19-14-8-9-15-20(19)28-22(26)21(30)16-10-7-13-18-11-5-4-6-12-18/h4-6,8-9,11-12,14-15,17,22H,7,10,13,16,27H2,1-3H3,(H,29,31,32)/t22?,26-/m1/s1. The van der Waals surface area contributed by atoms with E-state index in [1.54, 1.807) is 39.0 Å². The van der Waals surface area contributed by atoms with Crippen molar-refractivity contribution in [3.63, 3.8) is 0 Å². The molecule has 7 heteroatoms. The number of benzene rings is 2. The van der Waals surface area contributed by atoms with Gasteiger partial charge in [-0.05, 0) is 63.0 Å². The number of hydrogen-bond acceptors (Lipinski definition) is 6. The van der Waals surface area contributed by atoms with Gasteiger partial charge in [0.05, 0.1) is 5.36 Å². The van der Waals surface area contributed by atoms with Crippen LogP contribution < -0.4 is 21.6 Å². The molecule has 0 bridgehead atoms. The minimum atomic E-state index is -1.80. The van der Waals surface area contributed by atoms with Crippen LogP contribution in [-0.4, -0.2) is 35.0 Å². The van der Waals surface area contributed by atoms with E-state index in [2.05, 4.69) is 22.4 Å². The zero-order chi connectivity index (χ0) is 24.1. The highest BCUT2D eigenvalue weighted by molar-refractivity contribution is 6.07. The van der Waals surface area contributed by atoms with E-state index in [4.69, 9.17) is 10.5 Å². The minimum Gasteiger partial charge on any atom is -0.444 e. The first-order chi connectivity index (χ1) is 15.6. The fraction of sp³-hybridized carbons (Fsp3) is 0.385. The molecule has 3 N–H and O–H groups in total. The second kappa shape index (κ2) is 10.1. The molecule has 7 nitrogen and oxygen atoms in total. The predicted octanol–water partition coefficient (Wildman–Crippen LogP) is 2.20. The number of carbonyl (C=O) groups is 3. The van der Waals surface area contributed by atoms with Gasteiger partial charge in [0.2, 0.25) is 0 Å². The Balaban J connectivity index is 1.76. The summed E-state index contributed by atoms with van der Waals surface area (Å²) in [5.41, 5.74) is 5.10. The maximum Gasteiger partial charge on any atom is 0.414 e. The van der Waals surface area contributed by atoms with E-state index in [-0.39, 0.29) is 12.2 Å². The largest absolute Gasteiger partial charge is 0.444 e. The Bertz CT molecular complexity index is 1140. The van der Waals surface area contributed by atoms with Crippen LogP contribution in [0.4, 0.5) is 4.79 Å². The molecule has 3 rings (SSSR count). The molecule has 1 aliphatic rings. The number of nitrogens with two attached hydrogens (primary N) is 1. The molecular weight excluding hydrogens is 418 g/mol. The summed E-state index contributed by atoms with van der Waals surface area (Å²) in [7, 11) is 0. The van der Waals surface area contributed by atoms with Crippen LogP contribution in [0.5, 0.6) is 0 Å². The summed E-state index contributed by atoms with van der Waals surface area (Å²) in [6.07, 6.45) is 3.16. The lowest BCUT2D eigenvalue weighted by atomic mass is 9.83. The Morgan fingerprint density at radius 2 is 1.70 bits per heavy atom. The Morgan fingerprint density at radius 1 is 1.03 bits per heavy atom. The van der Waals surface area contributed by atoms with Gasteiger partial charge < -0.3 is 10.5 Å². The van der Waals surface area contributed by atoms with Gasteiger partial charge >= 0.3 is 6.09 Å². The van der Waals surface area contributed by atoms with Crippen LogP contribution in [0.2, 0.25) is 0 Å². The SMILES string of the molecule is CC(C)(C)OC(=O)NC(=O)[C@@]1(N)C=c2ccccc2=NC1C(=O)CCCCc1ccccc1. The second-order valence-electron chi connectivity index (χ2n) is 9.28. The molecule has 0 aromatic heterocycles. The number of fused-ring (bicyclic) bond motifs is 1. The topological polar surface area (TPSA) is 111 Å². The number of carbonyl (C=O) groups excluding carboxylic acids is 3. The zero-order valence-corrected chi connectivity index (χ0v) is 19.3. The van der Waals surface area contributed by atoms with Crippen molar-refractivity contribution in [2.24, 2.45) is 10.7 Å². The van der Waals surface area contributed by atoms with E-state index in [0.717, 1.165) is 12.8 Å². The number of rotatable bonds is 7. The van der Waals surface area contributed by atoms with Crippen molar-refractivity contribution in [2.45, 2.75) is 63.6 Å². The third-order valence-electron chi connectivity index (χ3n) is 5.35. The van der Waals surface area contributed by atoms with E-state index < -0.39 is 29.2 Å². The predicted molar refractivity (Wildman–Crippen MR) is 126 cm³/mol. The quantitative estimate of drug-likeness (QED) is 0.630. The van der Waals surface area contributed by atoms with Crippen LogP contribution in [0, 0.1) is 0 Å². The first-order valence-corrected chi connectivity index (χ1v) is 11.1. The number of amides is 2. The Kier molecular flexibility index (Phi) is 7.43. The number of nitrogens with zero attached hydrogens (tertiary/aromatic N) is 1. The summed E-state index contributed by atoms with van der Waals surface area (Å²) in [5, 5.41) is 3.40. The van der Waals surface area contributed by atoms with Gasteiger partial charge in [-0.1, -0.05) is 48.5 Å². The Labute approximate surface area is 193 Å². The van der Waals surface area contributed by atoms with Gasteiger partial charge in [0.25, 0.3) is 5.91 Å². The van der Waals surface area contributed by atoms with Crippen LogP contribution in [0.25, 0.3) is 6.08 Å². The molecule has 0 spiro atoms. The third-order valence-corrected chi connectivity index (χ3v) is 5.35. The maximum atomic E-state index is 13.2. The second-order valence-corrected chi connectivity index (χ2v) is 9.28. The highest BCUT2D eigenvalue weighted by atomic mass is 16.6. The molecule has 0 radical (unpaired) electrons. The molecule has 2 atom stereocenters. The fourth-order valence-electron chi connectivity index (χ4n) is 3.75. The lowest BCUT2D eigenvalue weighted by Gasteiger charge is -2.32. The molecule has 1 unspecified atom stereocenters. The van der Waals surface area contributed by atoms with Gasteiger partial charge in [0.1, 0.15) is 17.2 Å². The lowest BCUT2D eigenvalue weighted by molar-refractivity contribution is -0.129. The monoisotopic (exact) mass is 449 g/mol. The van der Waals surface area contributed by atoms with Gasteiger partial charge in [0, 0.05) is 6.42 Å². The minimum absolute atomic E-state index is 0.232. The number of hydrogen-bond donors (Lipinski definition) is 2. The van der Waals surface area contributed by atoms with Crippen molar-refractivity contribution in [2.75, 3.05) is 0 Å². The van der Waals surface area contributed by atoms with Crippen LogP contribution in [0.1, 0.15) is 45.6 Å². The number of Topliss-reactive ketones (excluding diaryl/α,β-unsaturated/α-hetero) is 1. The molecule has 1 aliphatic heterocycles. The molecule has 33 heavy (non-hydrogen) atoms. The number of unbranched alkanes of at least 4 members (excludes halogenated alkanes) is 1. The van der Waals surface area contributed by atoms with Crippen LogP contribution >= 0.6 is 0 Å². The molecule has 1 heterocycles. The highest BCUT2D eigenvalue weighted by Gasteiger charge is 2.46. The van der Waals surface area contributed by atoms with Crippen molar-refractivity contribution in [1.82, 2.24) is 5.32 Å². The Hall–Kier alpha value is -3.32. The van der Waals surface area contributed by atoms with Gasteiger partial charge in [-0.25, -0.2) is 4.79 Å². The molecule has 2 aromatic carbocycles. The van der Waals surface area contributed by atoms with Gasteiger partial charge in [-0.3, -0.25) is 19.9 Å². The van der Waals surface area contributed by atoms with Crippen molar-refractivity contribution in [3.8, 4) is 0 Å². The van der Waals surface area contributed by atoms with Crippen LogP contribution in [0.3, 0.4) is 0 Å². The smallest absolute Gasteiger partial charge is 0.414 e. The number of nitrogens with one attached hydrogen (secondary N) is 1.